The van der Waals surface area contributed by atoms with Crippen LogP contribution in [0.4, 0.5) is 0 Å². The Kier molecular flexibility index (Phi) is 1.55. The highest BCUT2D eigenvalue weighted by Crippen LogP contribution is 2.21. The number of carbonyl (C=O) groups is 1. The van der Waals surface area contributed by atoms with E-state index in [9.17, 15) is 4.79 Å². The lowest BCUT2D eigenvalue weighted by Crippen LogP contribution is -2.38. The molecule has 1 fully saturated rings. The van der Waals surface area contributed by atoms with E-state index < -0.39 is 0 Å². The van der Waals surface area contributed by atoms with Gasteiger partial charge in [-0.1, -0.05) is 0 Å². The monoisotopic (exact) mass is 129 g/mol. The van der Waals surface area contributed by atoms with E-state index in [1.807, 2.05) is 6.92 Å². The summed E-state index contributed by atoms with van der Waals surface area (Å²) in [4.78, 5) is 15.5. The summed E-state index contributed by atoms with van der Waals surface area (Å²) in [6.07, 6.45) is 1.73. The first-order chi connectivity index (χ1) is 4.19. The molecule has 1 saturated heterocycles. The minimum Gasteiger partial charge on any atom is -0.301 e. The largest absolute Gasteiger partial charge is 0.301 e. The minimum atomic E-state index is -0.375. The fourth-order valence-electron chi connectivity index (χ4n) is 0.827. The molecule has 1 aliphatic rings. The van der Waals surface area contributed by atoms with Crippen molar-refractivity contribution in [2.75, 3.05) is 13.7 Å². The third kappa shape index (κ3) is 0.976. The van der Waals surface area contributed by atoms with Gasteiger partial charge in [0.05, 0.1) is 6.61 Å². The van der Waals surface area contributed by atoms with Crippen molar-refractivity contribution in [2.24, 2.45) is 0 Å². The number of hydrogen-bond acceptors (Lipinski definition) is 3. The highest BCUT2D eigenvalue weighted by molar-refractivity contribution is 5.63. The van der Waals surface area contributed by atoms with Crippen molar-refractivity contribution < 1.29 is 9.63 Å². The molecule has 1 aliphatic heterocycles. The van der Waals surface area contributed by atoms with E-state index in [0.717, 1.165) is 12.7 Å². The summed E-state index contributed by atoms with van der Waals surface area (Å²) in [5.41, 5.74) is -0.375. The second kappa shape index (κ2) is 2.08. The molecule has 1 atom stereocenters. The lowest BCUT2D eigenvalue weighted by molar-refractivity contribution is -0.149. The Morgan fingerprint density at radius 3 is 2.67 bits per heavy atom. The van der Waals surface area contributed by atoms with Gasteiger partial charge >= 0.3 is 0 Å². The number of hydroxylamine groups is 2. The summed E-state index contributed by atoms with van der Waals surface area (Å²) >= 11 is 0. The smallest absolute Gasteiger partial charge is 0.142 e. The first-order valence-electron chi connectivity index (χ1n) is 3.02. The molecule has 52 valence electrons. The minimum absolute atomic E-state index is 0.375. The highest BCUT2D eigenvalue weighted by Gasteiger charge is 2.34. The van der Waals surface area contributed by atoms with Gasteiger partial charge in [-0.2, -0.15) is 5.06 Å². The number of nitrogens with zero attached hydrogens (tertiary/aromatic N) is 1. The first-order valence-corrected chi connectivity index (χ1v) is 3.02. The third-order valence-electron chi connectivity index (χ3n) is 1.87. The molecule has 0 aromatic heterocycles. The van der Waals surface area contributed by atoms with E-state index >= 15 is 0 Å². The molecule has 1 heterocycles. The SMILES string of the molecule is CN1OCCC1(C)C=O. The zero-order valence-corrected chi connectivity index (χ0v) is 5.76. The number of aldehydes is 1. The van der Waals surface area contributed by atoms with E-state index in [1.54, 1.807) is 12.1 Å². The van der Waals surface area contributed by atoms with Crippen molar-refractivity contribution in [3.05, 3.63) is 0 Å². The number of rotatable bonds is 1. The Hall–Kier alpha value is -0.410. The molecule has 0 spiro atoms. The van der Waals surface area contributed by atoms with Gasteiger partial charge < -0.3 is 4.79 Å². The molecule has 3 heteroatoms. The predicted octanol–water partition coefficient (Wildman–Crippen LogP) is 0.211. The fraction of sp³-hybridized carbons (Fsp3) is 0.833. The van der Waals surface area contributed by atoms with Crippen molar-refractivity contribution in [1.29, 1.82) is 0 Å². The van der Waals surface area contributed by atoms with Crippen LogP contribution in [-0.2, 0) is 9.63 Å². The van der Waals surface area contributed by atoms with Crippen LogP contribution < -0.4 is 0 Å². The lowest BCUT2D eigenvalue weighted by Gasteiger charge is -2.22. The first kappa shape index (κ1) is 6.71. The van der Waals surface area contributed by atoms with Crippen LogP contribution in [0.15, 0.2) is 0 Å². The topological polar surface area (TPSA) is 29.5 Å². The second-order valence-corrected chi connectivity index (χ2v) is 2.56. The molecule has 1 rings (SSSR count). The molecule has 0 aliphatic carbocycles. The van der Waals surface area contributed by atoms with Crippen molar-refractivity contribution in [1.82, 2.24) is 5.06 Å². The molecule has 1 unspecified atom stereocenters. The maximum atomic E-state index is 10.4. The van der Waals surface area contributed by atoms with Crippen LogP contribution in [0.2, 0.25) is 0 Å². The Morgan fingerprint density at radius 2 is 2.44 bits per heavy atom. The summed E-state index contributed by atoms with van der Waals surface area (Å²) in [6, 6.07) is 0. The van der Waals surface area contributed by atoms with E-state index in [0.29, 0.717) is 6.61 Å². The zero-order valence-electron chi connectivity index (χ0n) is 5.76. The molecule has 0 N–H and O–H groups in total. The van der Waals surface area contributed by atoms with Gasteiger partial charge in [0.2, 0.25) is 0 Å². The van der Waals surface area contributed by atoms with Gasteiger partial charge in [-0.3, -0.25) is 4.84 Å². The van der Waals surface area contributed by atoms with Crippen molar-refractivity contribution >= 4 is 6.29 Å². The Balaban J connectivity index is 2.66. The summed E-state index contributed by atoms with van der Waals surface area (Å²) in [5, 5.41) is 1.61. The van der Waals surface area contributed by atoms with Crippen LogP contribution in [0, 0.1) is 0 Å². The molecule has 0 aromatic rings. The summed E-state index contributed by atoms with van der Waals surface area (Å²) in [5.74, 6) is 0. The lowest BCUT2D eigenvalue weighted by atomic mass is 10.0. The van der Waals surface area contributed by atoms with Gasteiger partial charge in [-0.25, -0.2) is 0 Å². The number of likely N-dealkylation sites (N-methyl/N-ethyl adjacent to an activating group) is 1. The van der Waals surface area contributed by atoms with Gasteiger partial charge in [0.15, 0.2) is 0 Å². The van der Waals surface area contributed by atoms with E-state index in [1.165, 1.54) is 0 Å². The van der Waals surface area contributed by atoms with Gasteiger partial charge in [0.1, 0.15) is 11.8 Å². The average molecular weight is 129 g/mol. The summed E-state index contributed by atoms with van der Waals surface area (Å²) in [6.45, 7) is 2.53. The molecular formula is C6H11NO2. The van der Waals surface area contributed by atoms with Crippen molar-refractivity contribution in [3.8, 4) is 0 Å². The van der Waals surface area contributed by atoms with Crippen molar-refractivity contribution in [3.63, 3.8) is 0 Å². The Labute approximate surface area is 54.5 Å². The second-order valence-electron chi connectivity index (χ2n) is 2.56. The highest BCUT2D eigenvalue weighted by atomic mass is 16.7. The number of hydrogen-bond donors (Lipinski definition) is 0. The van der Waals surface area contributed by atoms with Crippen LogP contribution in [0.1, 0.15) is 13.3 Å². The molecule has 0 bridgehead atoms. The van der Waals surface area contributed by atoms with Crippen LogP contribution in [0.25, 0.3) is 0 Å². The molecule has 9 heavy (non-hydrogen) atoms. The van der Waals surface area contributed by atoms with E-state index in [4.69, 9.17) is 4.84 Å². The normalized spacial score (nSPS) is 37.1. The third-order valence-corrected chi connectivity index (χ3v) is 1.87. The van der Waals surface area contributed by atoms with Gasteiger partial charge in [-0.15, -0.1) is 0 Å². The Morgan fingerprint density at radius 1 is 1.78 bits per heavy atom. The molecule has 0 aromatic carbocycles. The Bertz CT molecular complexity index is 126. The average Bonchev–Trinajstić information content (AvgIpc) is 2.15. The van der Waals surface area contributed by atoms with Crippen LogP contribution in [0.5, 0.6) is 0 Å². The van der Waals surface area contributed by atoms with Crippen LogP contribution in [0.3, 0.4) is 0 Å². The van der Waals surface area contributed by atoms with Crippen molar-refractivity contribution in [2.45, 2.75) is 18.9 Å². The quantitative estimate of drug-likeness (QED) is 0.474. The van der Waals surface area contributed by atoms with Gasteiger partial charge in [-0.05, 0) is 13.3 Å². The van der Waals surface area contributed by atoms with Crippen LogP contribution >= 0.6 is 0 Å². The molecule has 0 radical (unpaired) electrons. The fourth-order valence-corrected chi connectivity index (χ4v) is 0.827. The van der Waals surface area contributed by atoms with Gasteiger partial charge in [0.25, 0.3) is 0 Å². The molecular weight excluding hydrogens is 118 g/mol. The molecule has 0 amide bonds. The predicted molar refractivity (Wildman–Crippen MR) is 32.8 cm³/mol. The molecule has 0 saturated carbocycles. The maximum absolute atomic E-state index is 10.4. The standard InChI is InChI=1S/C6H11NO2/c1-6(5-8)3-4-9-7(6)2/h5H,3-4H2,1-2H3. The van der Waals surface area contributed by atoms with Crippen LogP contribution in [-0.4, -0.2) is 30.5 Å². The van der Waals surface area contributed by atoms with Gasteiger partial charge in [0, 0.05) is 7.05 Å². The summed E-state index contributed by atoms with van der Waals surface area (Å²) in [7, 11) is 1.78. The van der Waals surface area contributed by atoms with E-state index in [2.05, 4.69) is 0 Å². The number of carbonyl (C=O) groups excluding carboxylic acids is 1. The maximum Gasteiger partial charge on any atom is 0.142 e. The molecule has 3 nitrogen and oxygen atoms in total. The zero-order chi connectivity index (χ0) is 6.91. The van der Waals surface area contributed by atoms with E-state index in [-0.39, 0.29) is 5.54 Å². The summed E-state index contributed by atoms with van der Waals surface area (Å²) < 4.78 is 0.